The van der Waals surface area contributed by atoms with Gasteiger partial charge in [-0.05, 0) is 32.7 Å². The van der Waals surface area contributed by atoms with Gasteiger partial charge in [-0.25, -0.2) is 0 Å². The maximum Gasteiger partial charge on any atom is 0.0628 e. The summed E-state index contributed by atoms with van der Waals surface area (Å²) in [6.07, 6.45) is 7.26. The van der Waals surface area contributed by atoms with Crippen molar-refractivity contribution in [2.45, 2.75) is 106 Å². The van der Waals surface area contributed by atoms with Crippen LogP contribution < -0.4 is 0 Å². The van der Waals surface area contributed by atoms with Crippen LogP contribution in [0, 0.1) is 0 Å². The number of methoxy groups -OCH3 is 2. The topological polar surface area (TPSA) is 37.4 Å². The average molecular weight is 492 g/mol. The van der Waals surface area contributed by atoms with E-state index in [2.05, 4.69) is 40.3 Å². The highest BCUT2D eigenvalue weighted by Gasteiger charge is 2.32. The molecule has 2 aliphatic heterocycles. The van der Waals surface area contributed by atoms with E-state index in [9.17, 15) is 0 Å². The Labute approximate surface area is 215 Å². The van der Waals surface area contributed by atoms with Crippen LogP contribution in [0.15, 0.2) is 0 Å². The van der Waals surface area contributed by atoms with E-state index >= 15 is 0 Å². The number of nitrogens with zero attached hydrogens (tertiary/aromatic N) is 3. The zero-order valence-corrected chi connectivity index (χ0v) is 25.5. The maximum absolute atomic E-state index is 6.19. The molecule has 3 fully saturated rings. The first-order valence-corrected chi connectivity index (χ1v) is 14.3. The Hall–Kier alpha value is -0.240. The number of hydrogen-bond donors (Lipinski definition) is 0. The molecular weight excluding hydrogens is 426 g/mol. The second-order valence-electron chi connectivity index (χ2n) is 8.39. The van der Waals surface area contributed by atoms with E-state index in [1.807, 2.05) is 41.5 Å². The minimum absolute atomic E-state index is 0.452. The monoisotopic (exact) mass is 492 g/mol. The Morgan fingerprint density at radius 2 is 1.00 bits per heavy atom. The number of likely N-dealkylation sites (tertiary alicyclic amines) is 1. The Morgan fingerprint density at radius 1 is 0.618 bits per heavy atom. The van der Waals surface area contributed by atoms with Crippen LogP contribution in [0.25, 0.3) is 0 Å². The number of ether oxygens (including phenoxy) is 3. The lowest BCUT2D eigenvalue weighted by Gasteiger charge is -2.40. The van der Waals surface area contributed by atoms with E-state index in [1.54, 1.807) is 21.3 Å². The minimum Gasteiger partial charge on any atom is -0.388 e. The van der Waals surface area contributed by atoms with Gasteiger partial charge in [-0.3, -0.25) is 4.90 Å². The highest BCUT2D eigenvalue weighted by Crippen LogP contribution is 2.28. The number of likely N-dealkylation sites (N-methyl/N-ethyl adjacent to an activating group) is 1. The SMILES string of the molecule is CC.CC.CC.CCC.COC.COC1CC(OC2CCN(CCN3CCN(C)CC3)CC2)C1. The van der Waals surface area contributed by atoms with Gasteiger partial charge >= 0.3 is 0 Å². The van der Waals surface area contributed by atoms with Crippen LogP contribution in [0.5, 0.6) is 0 Å². The van der Waals surface area contributed by atoms with Crippen molar-refractivity contribution < 1.29 is 14.2 Å². The largest absolute Gasteiger partial charge is 0.388 e. The average Bonchev–Trinajstić information content (AvgIpc) is 2.86. The molecule has 3 aliphatic rings. The van der Waals surface area contributed by atoms with E-state index in [-0.39, 0.29) is 0 Å². The molecule has 0 spiro atoms. The molecule has 0 unspecified atom stereocenters. The minimum atomic E-state index is 0.452. The molecule has 34 heavy (non-hydrogen) atoms. The van der Waals surface area contributed by atoms with Crippen LogP contribution >= 0.6 is 0 Å². The summed E-state index contributed by atoms with van der Waals surface area (Å²) in [4.78, 5) is 7.66. The van der Waals surface area contributed by atoms with Gasteiger partial charge in [0.05, 0.1) is 18.3 Å². The quantitative estimate of drug-likeness (QED) is 0.478. The zero-order valence-electron chi connectivity index (χ0n) is 25.5. The Bertz CT molecular complexity index is 351. The van der Waals surface area contributed by atoms with E-state index in [0.717, 1.165) is 12.8 Å². The molecule has 6 heteroatoms. The van der Waals surface area contributed by atoms with Crippen LogP contribution in [0.1, 0.15) is 87.5 Å². The summed E-state index contributed by atoms with van der Waals surface area (Å²) in [5.74, 6) is 0. The van der Waals surface area contributed by atoms with Crippen molar-refractivity contribution in [2.75, 3.05) is 80.7 Å². The van der Waals surface area contributed by atoms with Crippen LogP contribution in [0.3, 0.4) is 0 Å². The molecular formula is C28H65N3O3. The van der Waals surface area contributed by atoms with Crippen molar-refractivity contribution in [3.63, 3.8) is 0 Å². The summed E-state index contributed by atoms with van der Waals surface area (Å²) in [5, 5.41) is 0. The Kier molecular flexibility index (Phi) is 32.7. The molecule has 0 N–H and O–H groups in total. The predicted molar refractivity (Wildman–Crippen MR) is 151 cm³/mol. The van der Waals surface area contributed by atoms with Crippen molar-refractivity contribution in [3.8, 4) is 0 Å². The normalized spacial score (nSPS) is 22.9. The third-order valence-corrected chi connectivity index (χ3v) is 5.63. The molecule has 2 saturated heterocycles. The molecule has 0 aromatic heterocycles. The Morgan fingerprint density at radius 3 is 1.38 bits per heavy atom. The second-order valence-corrected chi connectivity index (χ2v) is 8.39. The van der Waals surface area contributed by atoms with Crippen molar-refractivity contribution in [2.24, 2.45) is 0 Å². The van der Waals surface area contributed by atoms with E-state index in [0.29, 0.717) is 18.3 Å². The third kappa shape index (κ3) is 20.0. The number of piperazine rings is 1. The van der Waals surface area contributed by atoms with Gasteiger partial charge in [-0.2, -0.15) is 0 Å². The van der Waals surface area contributed by atoms with Gasteiger partial charge in [0.25, 0.3) is 0 Å². The molecule has 0 atom stereocenters. The summed E-state index contributed by atoms with van der Waals surface area (Å²) in [6.45, 7) is 26.0. The standard InChI is InChI=1S/C17H33N3O2.C3H8.C2H6O.3C2H6/c1-18-7-9-20(10-8-18)12-11-19-5-3-15(4-6-19)22-17-13-16(14-17)21-2;2*1-3-2;3*1-2/h15-17H,3-14H2,1-2H3;3H2,1-2H3;1-2H3;3*1-2H3. The van der Waals surface area contributed by atoms with E-state index < -0.39 is 0 Å². The van der Waals surface area contributed by atoms with Crippen molar-refractivity contribution in [1.82, 2.24) is 14.7 Å². The van der Waals surface area contributed by atoms with Gasteiger partial charge in [0.2, 0.25) is 0 Å². The molecule has 0 bridgehead atoms. The molecule has 0 radical (unpaired) electrons. The van der Waals surface area contributed by atoms with Crippen molar-refractivity contribution in [1.29, 1.82) is 0 Å². The Balaban J connectivity index is -0.000000689. The lowest BCUT2D eigenvalue weighted by molar-refractivity contribution is -0.126. The fourth-order valence-electron chi connectivity index (χ4n) is 3.72. The van der Waals surface area contributed by atoms with E-state index in [1.165, 1.54) is 71.6 Å². The first-order valence-electron chi connectivity index (χ1n) is 14.3. The summed E-state index contributed by atoms with van der Waals surface area (Å²) in [7, 11) is 7.28. The molecule has 6 nitrogen and oxygen atoms in total. The fraction of sp³-hybridized carbons (Fsp3) is 1.00. The maximum atomic E-state index is 6.19. The van der Waals surface area contributed by atoms with Gasteiger partial charge in [0.15, 0.2) is 0 Å². The predicted octanol–water partition coefficient (Wildman–Crippen LogP) is 5.65. The van der Waals surface area contributed by atoms with Gasteiger partial charge in [0.1, 0.15) is 0 Å². The van der Waals surface area contributed by atoms with Crippen molar-refractivity contribution in [3.05, 3.63) is 0 Å². The van der Waals surface area contributed by atoms with E-state index in [4.69, 9.17) is 9.47 Å². The molecule has 0 aromatic rings. The molecule has 3 rings (SSSR count). The number of rotatable bonds is 6. The molecule has 0 aromatic carbocycles. The van der Waals surface area contributed by atoms with Gasteiger partial charge in [-0.1, -0.05) is 61.8 Å². The first kappa shape index (κ1) is 38.3. The number of piperidine rings is 1. The lowest BCUT2D eigenvalue weighted by Crippen LogP contribution is -2.48. The van der Waals surface area contributed by atoms with Crippen LogP contribution in [-0.4, -0.2) is 114 Å². The molecule has 1 aliphatic carbocycles. The van der Waals surface area contributed by atoms with Gasteiger partial charge < -0.3 is 24.0 Å². The highest BCUT2D eigenvalue weighted by molar-refractivity contribution is 4.83. The second kappa shape index (κ2) is 29.0. The molecule has 210 valence electrons. The summed E-state index contributed by atoms with van der Waals surface area (Å²) in [6, 6.07) is 0. The third-order valence-electron chi connectivity index (χ3n) is 5.63. The van der Waals surface area contributed by atoms with Gasteiger partial charge in [0, 0.05) is 73.7 Å². The van der Waals surface area contributed by atoms with Crippen molar-refractivity contribution >= 4 is 0 Å². The first-order chi connectivity index (χ1) is 16.6. The molecule has 1 saturated carbocycles. The lowest BCUT2D eigenvalue weighted by atomic mass is 9.91. The van der Waals surface area contributed by atoms with Crippen LogP contribution in [0.2, 0.25) is 0 Å². The summed E-state index contributed by atoms with van der Waals surface area (Å²) < 4.78 is 15.8. The van der Waals surface area contributed by atoms with Crippen LogP contribution in [0.4, 0.5) is 0 Å². The molecule has 0 amide bonds. The fourth-order valence-corrected chi connectivity index (χ4v) is 3.72. The molecule has 2 heterocycles. The number of hydrogen-bond acceptors (Lipinski definition) is 6. The summed E-state index contributed by atoms with van der Waals surface area (Å²) in [5.41, 5.74) is 0. The highest BCUT2D eigenvalue weighted by atomic mass is 16.5. The zero-order chi connectivity index (χ0) is 26.8. The van der Waals surface area contributed by atoms with Gasteiger partial charge in [-0.15, -0.1) is 0 Å². The summed E-state index contributed by atoms with van der Waals surface area (Å²) >= 11 is 0. The van der Waals surface area contributed by atoms with Crippen LogP contribution in [-0.2, 0) is 14.2 Å². The smallest absolute Gasteiger partial charge is 0.0628 e.